The number of carbonyl (C=O) groups excluding carboxylic acids is 1. The van der Waals surface area contributed by atoms with Crippen LogP contribution in [0.2, 0.25) is 0 Å². The van der Waals surface area contributed by atoms with Gasteiger partial charge in [0.25, 0.3) is 5.91 Å². The third kappa shape index (κ3) is 3.54. The summed E-state index contributed by atoms with van der Waals surface area (Å²) in [5, 5.41) is 11.5. The monoisotopic (exact) mass is 346 g/mol. The highest BCUT2D eigenvalue weighted by molar-refractivity contribution is 7.17. The highest BCUT2D eigenvalue weighted by Gasteiger charge is 2.17. The predicted molar refractivity (Wildman–Crippen MR) is 91.3 cm³/mol. The minimum Gasteiger partial charge on any atom is -0.494 e. The summed E-state index contributed by atoms with van der Waals surface area (Å²) in [6.07, 6.45) is 0. The molecule has 0 saturated heterocycles. The van der Waals surface area contributed by atoms with Crippen LogP contribution in [0.1, 0.15) is 22.3 Å². The first-order valence-electron chi connectivity index (χ1n) is 6.95. The highest BCUT2D eigenvalue weighted by Crippen LogP contribution is 2.29. The van der Waals surface area contributed by atoms with Crippen molar-refractivity contribution in [1.29, 1.82) is 0 Å². The van der Waals surface area contributed by atoms with Crippen LogP contribution in [0.5, 0.6) is 5.75 Å². The van der Waals surface area contributed by atoms with E-state index in [0.29, 0.717) is 22.3 Å². The van der Waals surface area contributed by atoms with E-state index in [0.717, 1.165) is 16.3 Å². The Morgan fingerprint density at radius 1 is 1.30 bits per heavy atom. The average Bonchev–Trinajstić information content (AvgIpc) is 3.18. The summed E-state index contributed by atoms with van der Waals surface area (Å²) in [6.45, 7) is 4.40. The average molecular weight is 346 g/mol. The van der Waals surface area contributed by atoms with Gasteiger partial charge in [0.05, 0.1) is 12.3 Å². The van der Waals surface area contributed by atoms with Crippen molar-refractivity contribution in [2.45, 2.75) is 13.8 Å². The smallest absolute Gasteiger partial charge is 0.269 e. The first-order chi connectivity index (χ1) is 11.2. The first-order valence-corrected chi connectivity index (χ1v) is 8.65. The van der Waals surface area contributed by atoms with Crippen LogP contribution in [0.3, 0.4) is 0 Å². The Morgan fingerprint density at radius 3 is 2.74 bits per heavy atom. The number of aryl methyl sites for hydroxylation is 1. The van der Waals surface area contributed by atoms with E-state index >= 15 is 0 Å². The lowest BCUT2D eigenvalue weighted by molar-refractivity contribution is 0.102. The zero-order valence-electron chi connectivity index (χ0n) is 12.6. The summed E-state index contributed by atoms with van der Waals surface area (Å²) in [5.74, 6) is 0.604. The molecular weight excluding hydrogens is 332 g/mol. The molecule has 1 aromatic carbocycles. The third-order valence-corrected chi connectivity index (χ3v) is 4.81. The molecule has 0 saturated carbocycles. The second-order valence-corrected chi connectivity index (χ2v) is 6.42. The minimum absolute atomic E-state index is 0.214. The summed E-state index contributed by atoms with van der Waals surface area (Å²) in [6, 6.07) is 7.68. The van der Waals surface area contributed by atoms with Gasteiger partial charge in [0.15, 0.2) is 0 Å². The van der Waals surface area contributed by atoms with Gasteiger partial charge in [-0.15, -0.1) is 21.5 Å². The number of hydrogen-bond acceptors (Lipinski definition) is 7. The van der Waals surface area contributed by atoms with E-state index in [-0.39, 0.29) is 5.91 Å². The van der Waals surface area contributed by atoms with Crippen molar-refractivity contribution >= 4 is 33.7 Å². The van der Waals surface area contributed by atoms with Gasteiger partial charge in [-0.25, -0.2) is 4.98 Å². The molecule has 2 heterocycles. The molecule has 3 rings (SSSR count). The maximum Gasteiger partial charge on any atom is 0.269 e. The molecule has 1 amide bonds. The Labute approximate surface area is 141 Å². The Bertz CT molecular complexity index is 798. The van der Waals surface area contributed by atoms with Gasteiger partial charge < -0.3 is 4.74 Å². The Morgan fingerprint density at radius 2 is 2.09 bits per heavy atom. The van der Waals surface area contributed by atoms with E-state index in [9.17, 15) is 4.79 Å². The fourth-order valence-corrected chi connectivity index (χ4v) is 3.38. The van der Waals surface area contributed by atoms with Crippen molar-refractivity contribution in [3.05, 3.63) is 40.3 Å². The fourth-order valence-electron chi connectivity index (χ4n) is 1.97. The van der Waals surface area contributed by atoms with Crippen molar-refractivity contribution in [3.63, 3.8) is 0 Å². The predicted octanol–water partition coefficient (Wildman–Crippen LogP) is 3.62. The van der Waals surface area contributed by atoms with Crippen LogP contribution in [0.4, 0.5) is 5.13 Å². The molecule has 0 aliphatic rings. The quantitative estimate of drug-likeness (QED) is 0.763. The number of carbonyl (C=O) groups is 1. The zero-order chi connectivity index (χ0) is 16.2. The molecule has 118 valence electrons. The van der Waals surface area contributed by atoms with E-state index in [4.69, 9.17) is 4.74 Å². The van der Waals surface area contributed by atoms with Gasteiger partial charge in [-0.1, -0.05) is 11.3 Å². The Hall–Kier alpha value is -2.32. The molecule has 0 bridgehead atoms. The molecule has 0 fully saturated rings. The van der Waals surface area contributed by atoms with E-state index in [1.54, 1.807) is 5.51 Å². The summed E-state index contributed by atoms with van der Waals surface area (Å²) in [7, 11) is 0. The zero-order valence-corrected chi connectivity index (χ0v) is 14.2. The van der Waals surface area contributed by atoms with Crippen LogP contribution in [-0.4, -0.2) is 27.7 Å². The Kier molecular flexibility index (Phi) is 4.63. The number of rotatable bonds is 5. The lowest BCUT2D eigenvalue weighted by atomic mass is 10.2. The van der Waals surface area contributed by atoms with Crippen molar-refractivity contribution in [1.82, 2.24) is 15.2 Å². The van der Waals surface area contributed by atoms with E-state index in [2.05, 4.69) is 20.5 Å². The summed E-state index contributed by atoms with van der Waals surface area (Å²) in [4.78, 5) is 17.4. The number of hydrogen-bond donors (Lipinski definition) is 1. The molecule has 0 aliphatic heterocycles. The third-order valence-electron chi connectivity index (χ3n) is 3.00. The van der Waals surface area contributed by atoms with Crippen LogP contribution in [0.25, 0.3) is 10.6 Å². The van der Waals surface area contributed by atoms with Gasteiger partial charge in [-0.3, -0.25) is 10.1 Å². The van der Waals surface area contributed by atoms with Gasteiger partial charge in [0, 0.05) is 5.56 Å². The first kappa shape index (κ1) is 15.6. The molecule has 2 aromatic heterocycles. The number of thiazole rings is 1. The summed E-state index contributed by atoms with van der Waals surface area (Å²) < 4.78 is 5.43. The molecule has 0 atom stereocenters. The molecule has 1 N–H and O–H groups in total. The standard InChI is InChI=1S/C15H14N4O2S2/c1-3-21-11-6-4-10(5-7-11)14-17-9(2)12(23-14)13(20)18-15-19-16-8-22-15/h4-8H,3H2,1-2H3,(H,18,19,20). The van der Waals surface area contributed by atoms with Crippen LogP contribution >= 0.6 is 22.7 Å². The molecule has 23 heavy (non-hydrogen) atoms. The van der Waals surface area contributed by atoms with E-state index in [1.807, 2.05) is 38.1 Å². The molecule has 0 radical (unpaired) electrons. The number of amides is 1. The maximum absolute atomic E-state index is 12.3. The number of nitrogens with one attached hydrogen (secondary N) is 1. The van der Waals surface area contributed by atoms with Gasteiger partial charge >= 0.3 is 0 Å². The number of ether oxygens (including phenoxy) is 1. The van der Waals surface area contributed by atoms with Crippen molar-refractivity contribution in [3.8, 4) is 16.3 Å². The molecule has 0 spiro atoms. The molecule has 0 aliphatic carbocycles. The topological polar surface area (TPSA) is 77.0 Å². The normalized spacial score (nSPS) is 10.5. The van der Waals surface area contributed by atoms with Crippen LogP contribution in [-0.2, 0) is 0 Å². The van der Waals surface area contributed by atoms with Gasteiger partial charge in [0.2, 0.25) is 5.13 Å². The lowest BCUT2D eigenvalue weighted by Crippen LogP contribution is -2.11. The fraction of sp³-hybridized carbons (Fsp3) is 0.200. The van der Waals surface area contributed by atoms with Crippen molar-refractivity contribution in [2.75, 3.05) is 11.9 Å². The number of nitrogens with zero attached hydrogens (tertiary/aromatic N) is 3. The van der Waals surface area contributed by atoms with Gasteiger partial charge in [-0.05, 0) is 38.1 Å². The van der Waals surface area contributed by atoms with Crippen LogP contribution < -0.4 is 10.1 Å². The van der Waals surface area contributed by atoms with Crippen molar-refractivity contribution < 1.29 is 9.53 Å². The Balaban J connectivity index is 1.81. The molecule has 3 aromatic rings. The summed E-state index contributed by atoms with van der Waals surface area (Å²) >= 11 is 2.63. The van der Waals surface area contributed by atoms with E-state index < -0.39 is 0 Å². The van der Waals surface area contributed by atoms with Crippen LogP contribution in [0, 0.1) is 6.92 Å². The van der Waals surface area contributed by atoms with E-state index in [1.165, 1.54) is 22.7 Å². The molecule has 6 nitrogen and oxygen atoms in total. The molecule has 8 heteroatoms. The number of aromatic nitrogens is 3. The maximum atomic E-state index is 12.3. The van der Waals surface area contributed by atoms with Crippen LogP contribution in [0.15, 0.2) is 29.8 Å². The molecule has 0 unspecified atom stereocenters. The lowest BCUT2D eigenvalue weighted by Gasteiger charge is -2.02. The minimum atomic E-state index is -0.214. The number of anilines is 1. The second-order valence-electron chi connectivity index (χ2n) is 4.59. The number of benzene rings is 1. The second kappa shape index (κ2) is 6.84. The SMILES string of the molecule is CCOc1ccc(-c2nc(C)c(C(=O)Nc3nncs3)s2)cc1. The summed E-state index contributed by atoms with van der Waals surface area (Å²) in [5.41, 5.74) is 3.22. The van der Waals surface area contributed by atoms with Gasteiger partial charge in [-0.2, -0.15) is 0 Å². The van der Waals surface area contributed by atoms with Crippen molar-refractivity contribution in [2.24, 2.45) is 0 Å². The largest absolute Gasteiger partial charge is 0.494 e. The highest BCUT2D eigenvalue weighted by atomic mass is 32.1. The molecular formula is C15H14N4O2S2. The van der Waals surface area contributed by atoms with Gasteiger partial charge in [0.1, 0.15) is 21.1 Å².